The second-order valence-electron chi connectivity index (χ2n) is 15.1. The van der Waals surface area contributed by atoms with Gasteiger partial charge in [0.25, 0.3) is 5.91 Å². The van der Waals surface area contributed by atoms with Gasteiger partial charge in [0, 0.05) is 23.5 Å². The number of carbonyl (C=O) groups is 4. The molecule has 3 fully saturated rings. The monoisotopic (exact) mass is 799 g/mol. The number of hydrogen-bond donors (Lipinski definition) is 2. The van der Waals surface area contributed by atoms with Crippen molar-refractivity contribution in [1.29, 1.82) is 0 Å². The number of likely N-dealkylation sites (tertiary alicyclic amines) is 1. The highest BCUT2D eigenvalue weighted by molar-refractivity contribution is 9.09. The molecule has 0 aromatic heterocycles. The Balaban J connectivity index is 1.39. The van der Waals surface area contributed by atoms with Gasteiger partial charge in [-0.15, -0.1) is 13.2 Å². The van der Waals surface area contributed by atoms with E-state index in [1.165, 1.54) is 4.90 Å². The minimum absolute atomic E-state index is 0.0881. The summed E-state index contributed by atoms with van der Waals surface area (Å²) in [5.74, 6) is -3.68. The summed E-state index contributed by atoms with van der Waals surface area (Å²) >= 11 is 3.76. The van der Waals surface area contributed by atoms with Crippen LogP contribution >= 0.6 is 15.9 Å². The SMILES string of the molecule is C=CCCC(=O)N[C@H](C)[C@@H](OC(=O)[C@@H]1[C@H]2O[C@@]3(CC2Br)[C@H](C(=O)N(CC=C)c2ccc4ccccc4c2)N([C@@H](CO)CC(C)C)C(=O)[C@@H]13)c1ccccc1. The van der Waals surface area contributed by atoms with E-state index in [-0.39, 0.29) is 42.1 Å². The first-order valence-corrected chi connectivity index (χ1v) is 19.7. The van der Waals surface area contributed by atoms with Gasteiger partial charge in [0.1, 0.15) is 17.7 Å². The fraction of sp³-hybridized carbons (Fsp3) is 0.442. The Morgan fingerprint density at radius 3 is 2.43 bits per heavy atom. The van der Waals surface area contributed by atoms with E-state index in [2.05, 4.69) is 34.4 Å². The van der Waals surface area contributed by atoms with Crippen LogP contribution in [0.2, 0.25) is 0 Å². The van der Waals surface area contributed by atoms with Crippen LogP contribution in [0, 0.1) is 17.8 Å². The number of ether oxygens (including phenoxy) is 2. The summed E-state index contributed by atoms with van der Waals surface area (Å²) in [4.78, 5) is 60.3. The number of allylic oxidation sites excluding steroid dienone is 1. The number of esters is 1. The van der Waals surface area contributed by atoms with E-state index in [9.17, 15) is 19.5 Å². The highest BCUT2D eigenvalue weighted by atomic mass is 79.9. The normalized spacial score (nSPS) is 25.9. The number of fused-ring (bicyclic) bond motifs is 2. The van der Waals surface area contributed by atoms with Gasteiger partial charge in [-0.25, -0.2) is 0 Å². The van der Waals surface area contributed by atoms with E-state index in [0.717, 1.165) is 10.8 Å². The summed E-state index contributed by atoms with van der Waals surface area (Å²) in [6.07, 6.45) is 3.14. The van der Waals surface area contributed by atoms with E-state index in [0.29, 0.717) is 30.5 Å². The molecule has 1 spiro atoms. The number of aliphatic hydroxyl groups excluding tert-OH is 1. The topological polar surface area (TPSA) is 125 Å². The van der Waals surface area contributed by atoms with Crippen molar-refractivity contribution >= 4 is 56.1 Å². The lowest BCUT2D eigenvalue weighted by molar-refractivity contribution is -0.162. The molecule has 286 valence electrons. The van der Waals surface area contributed by atoms with E-state index in [4.69, 9.17) is 9.47 Å². The Morgan fingerprint density at radius 1 is 1.06 bits per heavy atom. The molecule has 3 aromatic rings. The van der Waals surface area contributed by atoms with Gasteiger partial charge in [0.05, 0.1) is 36.6 Å². The smallest absolute Gasteiger partial charge is 0.313 e. The Labute approximate surface area is 325 Å². The van der Waals surface area contributed by atoms with Crippen LogP contribution in [0.15, 0.2) is 98.1 Å². The molecule has 11 heteroatoms. The third kappa shape index (κ3) is 7.38. The predicted molar refractivity (Wildman–Crippen MR) is 212 cm³/mol. The molecule has 0 aliphatic carbocycles. The minimum atomic E-state index is -1.38. The molecule has 54 heavy (non-hydrogen) atoms. The molecule has 3 amide bonds. The average molecular weight is 801 g/mol. The molecule has 3 saturated heterocycles. The van der Waals surface area contributed by atoms with Gasteiger partial charge >= 0.3 is 5.97 Å². The van der Waals surface area contributed by atoms with Crippen LogP contribution in [0.25, 0.3) is 10.8 Å². The average Bonchev–Trinajstić information content (AvgIpc) is 3.76. The quantitative estimate of drug-likeness (QED) is 0.0995. The zero-order chi connectivity index (χ0) is 38.7. The number of carbonyl (C=O) groups excluding carboxylic acids is 4. The molecule has 3 heterocycles. The molecular formula is C43H50BrN3O7. The molecule has 0 saturated carbocycles. The molecular weight excluding hydrogens is 750 g/mol. The number of alkyl halides is 1. The summed E-state index contributed by atoms with van der Waals surface area (Å²) in [6.45, 7) is 13.2. The predicted octanol–water partition coefficient (Wildman–Crippen LogP) is 6.27. The van der Waals surface area contributed by atoms with Gasteiger partial charge in [-0.05, 0) is 60.6 Å². The zero-order valence-corrected chi connectivity index (χ0v) is 32.7. The number of aliphatic hydroxyl groups is 1. The molecule has 3 aliphatic rings. The molecule has 3 aromatic carbocycles. The van der Waals surface area contributed by atoms with Gasteiger partial charge in [-0.2, -0.15) is 0 Å². The van der Waals surface area contributed by atoms with Crippen LogP contribution in [0.1, 0.15) is 58.1 Å². The highest BCUT2D eigenvalue weighted by Gasteiger charge is 2.77. The largest absolute Gasteiger partial charge is 0.455 e. The standard InChI is InChI=1S/C43H50BrN3O7/c1-6-8-18-34(49)45-27(5)37(29-15-10-9-11-16-29)53-42(52)35-36-40(50)47(32(25-48)22-26(3)4)39(43(36)24-33(44)38(35)54-43)41(51)46(21-7-2)31-20-19-28-14-12-13-17-30(28)23-31/h6-7,9-17,19-20,23,26-27,32-33,35-39,48H,1-2,8,18,21-22,24-25H2,3-5H3,(H,45,49)/t27-,32-,33?,35+,36-,37-,38+,39+,43-/m1/s1. The molecule has 9 atom stereocenters. The molecule has 0 radical (unpaired) electrons. The van der Waals surface area contributed by atoms with Crippen molar-refractivity contribution < 1.29 is 33.8 Å². The van der Waals surface area contributed by atoms with Gasteiger partial charge in [-0.3, -0.25) is 19.2 Å². The number of amides is 3. The van der Waals surface area contributed by atoms with Crippen LogP contribution < -0.4 is 10.2 Å². The maximum absolute atomic E-state index is 15.2. The van der Waals surface area contributed by atoms with Gasteiger partial charge in [-0.1, -0.05) is 103 Å². The number of nitrogens with one attached hydrogen (secondary N) is 1. The maximum Gasteiger partial charge on any atom is 0.313 e. The van der Waals surface area contributed by atoms with Crippen molar-refractivity contribution in [1.82, 2.24) is 10.2 Å². The fourth-order valence-electron chi connectivity index (χ4n) is 8.71. The first kappa shape index (κ1) is 39.4. The van der Waals surface area contributed by atoms with Gasteiger partial charge in [0.2, 0.25) is 11.8 Å². The van der Waals surface area contributed by atoms with E-state index in [1.54, 1.807) is 24.0 Å². The summed E-state index contributed by atoms with van der Waals surface area (Å²) in [6, 6.07) is 20.3. The number of halogens is 1. The lowest BCUT2D eigenvalue weighted by Crippen LogP contribution is -2.59. The van der Waals surface area contributed by atoms with Crippen LogP contribution in [0.3, 0.4) is 0 Å². The first-order valence-electron chi connectivity index (χ1n) is 18.8. The fourth-order valence-corrected chi connectivity index (χ4v) is 9.66. The lowest BCUT2D eigenvalue weighted by atomic mass is 9.70. The highest BCUT2D eigenvalue weighted by Crippen LogP contribution is 2.61. The maximum atomic E-state index is 15.2. The third-order valence-corrected chi connectivity index (χ3v) is 11.8. The third-order valence-electron chi connectivity index (χ3n) is 11.0. The number of anilines is 1. The molecule has 2 bridgehead atoms. The summed E-state index contributed by atoms with van der Waals surface area (Å²) in [7, 11) is 0. The summed E-state index contributed by atoms with van der Waals surface area (Å²) in [5, 5.41) is 15.7. The van der Waals surface area contributed by atoms with Crippen LogP contribution in [-0.4, -0.2) is 81.5 Å². The summed E-state index contributed by atoms with van der Waals surface area (Å²) < 4.78 is 13.1. The Hall–Kier alpha value is -4.32. The van der Waals surface area contributed by atoms with Crippen LogP contribution in [-0.2, 0) is 28.7 Å². The van der Waals surface area contributed by atoms with Crippen molar-refractivity contribution in [2.75, 3.05) is 18.1 Å². The first-order chi connectivity index (χ1) is 25.9. The molecule has 10 nitrogen and oxygen atoms in total. The number of nitrogens with zero attached hydrogens (tertiary/aromatic N) is 2. The number of rotatable bonds is 16. The Kier molecular flexibility index (Phi) is 12.1. The van der Waals surface area contributed by atoms with Crippen molar-refractivity contribution in [3.05, 3.63) is 104 Å². The van der Waals surface area contributed by atoms with Crippen molar-refractivity contribution in [2.45, 2.75) is 87.2 Å². The van der Waals surface area contributed by atoms with Gasteiger partial charge < -0.3 is 29.7 Å². The molecule has 1 unspecified atom stereocenters. The molecule has 2 N–H and O–H groups in total. The summed E-state index contributed by atoms with van der Waals surface area (Å²) in [5.41, 5.74) is -0.0786. The Morgan fingerprint density at radius 2 is 1.76 bits per heavy atom. The lowest BCUT2D eigenvalue weighted by Gasteiger charge is -2.39. The van der Waals surface area contributed by atoms with Gasteiger partial charge in [0.15, 0.2) is 0 Å². The zero-order valence-electron chi connectivity index (χ0n) is 31.1. The van der Waals surface area contributed by atoms with Crippen LogP contribution in [0.4, 0.5) is 5.69 Å². The van der Waals surface area contributed by atoms with E-state index >= 15 is 4.79 Å². The van der Waals surface area contributed by atoms with E-state index in [1.807, 2.05) is 86.6 Å². The second kappa shape index (κ2) is 16.6. The van der Waals surface area contributed by atoms with Crippen molar-refractivity contribution in [2.24, 2.45) is 17.8 Å². The van der Waals surface area contributed by atoms with Crippen molar-refractivity contribution in [3.63, 3.8) is 0 Å². The number of hydrogen-bond acceptors (Lipinski definition) is 7. The van der Waals surface area contributed by atoms with Crippen LogP contribution in [0.5, 0.6) is 0 Å². The Bertz CT molecular complexity index is 1890. The van der Waals surface area contributed by atoms with Crippen molar-refractivity contribution in [3.8, 4) is 0 Å². The van der Waals surface area contributed by atoms with E-state index < -0.39 is 59.6 Å². The second-order valence-corrected chi connectivity index (χ2v) is 16.3. The number of benzene rings is 3. The molecule has 6 rings (SSSR count). The minimum Gasteiger partial charge on any atom is -0.455 e. The molecule has 3 aliphatic heterocycles.